The maximum atomic E-state index is 12.6. The summed E-state index contributed by atoms with van der Waals surface area (Å²) in [4.78, 5) is 26.4. The molecule has 0 bridgehead atoms. The fourth-order valence-electron chi connectivity index (χ4n) is 2.49. The lowest BCUT2D eigenvalue weighted by atomic mass is 10.1. The number of morpholine rings is 1. The lowest BCUT2D eigenvalue weighted by Gasteiger charge is -2.27. The normalized spacial score (nSPS) is 14.0. The minimum atomic E-state index is -0.462. The van der Waals surface area contributed by atoms with Crippen LogP contribution in [0.25, 0.3) is 0 Å². The highest BCUT2D eigenvalue weighted by molar-refractivity contribution is 6.02. The largest absolute Gasteiger partial charge is 0.495 e. The maximum Gasteiger partial charge on any atom is 0.323 e. The summed E-state index contributed by atoms with van der Waals surface area (Å²) in [5.74, 6) is 0.352. The molecular formula is C16H19N5O4. The zero-order valence-corrected chi connectivity index (χ0v) is 13.7. The Kier molecular flexibility index (Phi) is 5.14. The van der Waals surface area contributed by atoms with Gasteiger partial charge in [0, 0.05) is 24.8 Å². The molecule has 3 amide bonds. The van der Waals surface area contributed by atoms with E-state index in [1.807, 2.05) is 0 Å². The average Bonchev–Trinajstić information content (AvgIpc) is 3.14. The van der Waals surface area contributed by atoms with Crippen molar-refractivity contribution in [1.29, 1.82) is 0 Å². The van der Waals surface area contributed by atoms with E-state index in [2.05, 4.69) is 20.8 Å². The first-order valence-electron chi connectivity index (χ1n) is 7.79. The second-order valence-electron chi connectivity index (χ2n) is 5.39. The van der Waals surface area contributed by atoms with Crippen molar-refractivity contribution in [3.05, 3.63) is 36.2 Å². The Morgan fingerprint density at radius 3 is 2.76 bits per heavy atom. The molecule has 0 aliphatic carbocycles. The molecule has 2 aromatic rings. The molecule has 0 saturated carbocycles. The van der Waals surface area contributed by atoms with E-state index >= 15 is 0 Å². The van der Waals surface area contributed by atoms with Gasteiger partial charge in [-0.3, -0.25) is 9.89 Å². The number of rotatable bonds is 4. The highest BCUT2D eigenvalue weighted by Crippen LogP contribution is 2.26. The molecule has 2 heterocycles. The topological polar surface area (TPSA) is 109 Å². The van der Waals surface area contributed by atoms with E-state index in [4.69, 9.17) is 9.47 Å². The molecule has 132 valence electrons. The van der Waals surface area contributed by atoms with E-state index in [0.717, 1.165) is 0 Å². The van der Waals surface area contributed by atoms with Gasteiger partial charge in [0.25, 0.3) is 5.91 Å². The van der Waals surface area contributed by atoms with Crippen LogP contribution in [0.15, 0.2) is 30.6 Å². The summed E-state index contributed by atoms with van der Waals surface area (Å²) in [6, 6.07) is 4.47. The Hall–Kier alpha value is -3.07. The van der Waals surface area contributed by atoms with Crippen LogP contribution in [0.1, 0.15) is 10.4 Å². The standard InChI is InChI=1S/C16H19N5O4/c1-24-14-3-2-11(15(22)21-4-6-25-7-5-21)8-13(14)20-16(23)19-12-9-17-18-10-12/h2-3,8-10H,4-7H2,1H3,(H,17,18)(H2,19,20,23). The molecule has 3 rings (SSSR count). The number of nitrogens with zero attached hydrogens (tertiary/aromatic N) is 2. The number of aromatic amines is 1. The fraction of sp³-hybridized carbons (Fsp3) is 0.312. The number of aromatic nitrogens is 2. The van der Waals surface area contributed by atoms with E-state index < -0.39 is 6.03 Å². The molecule has 1 fully saturated rings. The number of amides is 3. The van der Waals surface area contributed by atoms with Crippen molar-refractivity contribution in [2.24, 2.45) is 0 Å². The number of H-pyrrole nitrogens is 1. The molecule has 1 aliphatic rings. The number of nitrogens with one attached hydrogen (secondary N) is 3. The Labute approximate surface area is 144 Å². The minimum Gasteiger partial charge on any atom is -0.495 e. The first-order valence-corrected chi connectivity index (χ1v) is 7.79. The Balaban J connectivity index is 1.75. The summed E-state index contributed by atoms with van der Waals surface area (Å²) in [7, 11) is 1.50. The van der Waals surface area contributed by atoms with Gasteiger partial charge in [-0.05, 0) is 18.2 Å². The third-order valence-electron chi connectivity index (χ3n) is 3.75. The van der Waals surface area contributed by atoms with Gasteiger partial charge in [0.05, 0.1) is 37.9 Å². The van der Waals surface area contributed by atoms with Crippen LogP contribution in [0.5, 0.6) is 5.75 Å². The number of hydrogen-bond donors (Lipinski definition) is 3. The number of benzene rings is 1. The Morgan fingerprint density at radius 2 is 2.08 bits per heavy atom. The van der Waals surface area contributed by atoms with Crippen LogP contribution in [-0.2, 0) is 4.74 Å². The molecule has 9 heteroatoms. The molecule has 0 atom stereocenters. The molecule has 1 aliphatic heterocycles. The predicted molar refractivity (Wildman–Crippen MR) is 90.9 cm³/mol. The highest BCUT2D eigenvalue weighted by Gasteiger charge is 2.20. The van der Waals surface area contributed by atoms with Gasteiger partial charge >= 0.3 is 6.03 Å². The van der Waals surface area contributed by atoms with E-state index in [9.17, 15) is 9.59 Å². The van der Waals surface area contributed by atoms with Crippen LogP contribution in [0.4, 0.5) is 16.2 Å². The summed E-state index contributed by atoms with van der Waals surface area (Å²) in [5, 5.41) is 11.7. The third-order valence-corrected chi connectivity index (χ3v) is 3.75. The number of methoxy groups -OCH3 is 1. The van der Waals surface area contributed by atoms with Gasteiger partial charge in [-0.1, -0.05) is 0 Å². The first kappa shape index (κ1) is 16.8. The monoisotopic (exact) mass is 345 g/mol. The van der Waals surface area contributed by atoms with E-state index in [0.29, 0.717) is 49.0 Å². The predicted octanol–water partition coefficient (Wildman–Crippen LogP) is 1.53. The molecule has 0 spiro atoms. The number of ether oxygens (including phenoxy) is 2. The smallest absolute Gasteiger partial charge is 0.323 e. The second-order valence-corrected chi connectivity index (χ2v) is 5.39. The molecule has 0 radical (unpaired) electrons. The first-order chi connectivity index (χ1) is 12.2. The van der Waals surface area contributed by atoms with Gasteiger partial charge in [-0.15, -0.1) is 0 Å². The maximum absolute atomic E-state index is 12.6. The van der Waals surface area contributed by atoms with Gasteiger partial charge in [-0.25, -0.2) is 4.79 Å². The zero-order valence-electron chi connectivity index (χ0n) is 13.7. The number of carbonyl (C=O) groups excluding carboxylic acids is 2. The van der Waals surface area contributed by atoms with Crippen molar-refractivity contribution >= 4 is 23.3 Å². The fourth-order valence-corrected chi connectivity index (χ4v) is 2.49. The lowest BCUT2D eigenvalue weighted by molar-refractivity contribution is 0.0303. The Bertz CT molecular complexity index is 741. The summed E-state index contributed by atoms with van der Waals surface area (Å²) in [6.45, 7) is 2.16. The quantitative estimate of drug-likeness (QED) is 0.779. The molecule has 3 N–H and O–H groups in total. The van der Waals surface area contributed by atoms with Crippen molar-refractivity contribution in [3.8, 4) is 5.75 Å². The van der Waals surface area contributed by atoms with Gasteiger partial charge in [-0.2, -0.15) is 5.10 Å². The van der Waals surface area contributed by atoms with Gasteiger partial charge in [0.15, 0.2) is 0 Å². The average molecular weight is 345 g/mol. The lowest BCUT2D eigenvalue weighted by Crippen LogP contribution is -2.40. The van der Waals surface area contributed by atoms with Crippen LogP contribution in [0, 0.1) is 0 Å². The van der Waals surface area contributed by atoms with E-state index in [1.54, 1.807) is 29.3 Å². The molecule has 0 unspecified atom stereocenters. The van der Waals surface area contributed by atoms with E-state index in [-0.39, 0.29) is 5.91 Å². The van der Waals surface area contributed by atoms with Crippen molar-refractivity contribution in [2.45, 2.75) is 0 Å². The SMILES string of the molecule is COc1ccc(C(=O)N2CCOCC2)cc1NC(=O)Nc1cn[nH]c1. The molecular weight excluding hydrogens is 326 g/mol. The third kappa shape index (κ3) is 4.07. The zero-order chi connectivity index (χ0) is 17.6. The summed E-state index contributed by atoms with van der Waals surface area (Å²) >= 11 is 0. The number of anilines is 2. The van der Waals surface area contributed by atoms with Crippen molar-refractivity contribution in [1.82, 2.24) is 15.1 Å². The van der Waals surface area contributed by atoms with Gasteiger partial charge in [0.2, 0.25) is 0 Å². The van der Waals surface area contributed by atoms with Crippen LogP contribution in [0.2, 0.25) is 0 Å². The van der Waals surface area contributed by atoms with Crippen molar-refractivity contribution in [3.63, 3.8) is 0 Å². The molecule has 25 heavy (non-hydrogen) atoms. The van der Waals surface area contributed by atoms with Crippen LogP contribution >= 0.6 is 0 Å². The summed E-state index contributed by atoms with van der Waals surface area (Å²) < 4.78 is 10.5. The van der Waals surface area contributed by atoms with Crippen LogP contribution < -0.4 is 15.4 Å². The molecule has 9 nitrogen and oxygen atoms in total. The highest BCUT2D eigenvalue weighted by atomic mass is 16.5. The number of hydrogen-bond acceptors (Lipinski definition) is 5. The summed E-state index contributed by atoms with van der Waals surface area (Å²) in [6.07, 6.45) is 3.03. The number of urea groups is 1. The Morgan fingerprint density at radius 1 is 1.28 bits per heavy atom. The second kappa shape index (κ2) is 7.67. The van der Waals surface area contributed by atoms with Crippen molar-refractivity contribution < 1.29 is 19.1 Å². The molecule has 1 aromatic heterocycles. The van der Waals surface area contributed by atoms with Crippen LogP contribution in [0.3, 0.4) is 0 Å². The van der Waals surface area contributed by atoms with E-state index in [1.165, 1.54) is 13.3 Å². The summed E-state index contributed by atoms with van der Waals surface area (Å²) in [5.41, 5.74) is 1.40. The molecule has 1 aromatic carbocycles. The number of carbonyl (C=O) groups is 2. The minimum absolute atomic E-state index is 0.107. The van der Waals surface area contributed by atoms with Crippen molar-refractivity contribution in [2.75, 3.05) is 44.0 Å². The molecule has 1 saturated heterocycles. The van der Waals surface area contributed by atoms with Gasteiger partial charge in [0.1, 0.15) is 5.75 Å². The van der Waals surface area contributed by atoms with Crippen LogP contribution in [-0.4, -0.2) is 60.4 Å². The van der Waals surface area contributed by atoms with Gasteiger partial charge < -0.3 is 25.0 Å².